The molecule has 0 spiro atoms. The lowest BCUT2D eigenvalue weighted by Gasteiger charge is -2.12. The molecular weight excluding hydrogens is 290 g/mol. The van der Waals surface area contributed by atoms with Crippen molar-refractivity contribution < 1.29 is 4.79 Å². The number of benzene rings is 2. The summed E-state index contributed by atoms with van der Waals surface area (Å²) in [6.45, 7) is 8.40. The quantitative estimate of drug-likeness (QED) is 0.795. The predicted octanol–water partition coefficient (Wildman–Crippen LogP) is 4.91. The van der Waals surface area contributed by atoms with Gasteiger partial charge in [0.1, 0.15) is 0 Å². The molecule has 1 amide bonds. The number of amides is 1. The molecule has 0 radical (unpaired) electrons. The molecule has 1 N–H and O–H groups in total. The molecule has 0 saturated carbocycles. The average molecular weight is 313 g/mol. The fourth-order valence-corrected chi connectivity index (χ4v) is 3.59. The van der Waals surface area contributed by atoms with Crippen LogP contribution in [-0.2, 0) is 11.2 Å². The van der Waals surface area contributed by atoms with Crippen molar-refractivity contribution in [2.75, 3.05) is 11.1 Å². The summed E-state index contributed by atoms with van der Waals surface area (Å²) < 4.78 is 0. The molecule has 2 aromatic carbocycles. The van der Waals surface area contributed by atoms with Crippen LogP contribution >= 0.6 is 11.8 Å². The van der Waals surface area contributed by atoms with Gasteiger partial charge < -0.3 is 5.32 Å². The minimum Gasteiger partial charge on any atom is -0.325 e. The Kier molecular flexibility index (Phi) is 5.67. The van der Waals surface area contributed by atoms with Gasteiger partial charge in [0, 0.05) is 10.6 Å². The number of thioether (sulfide) groups is 1. The van der Waals surface area contributed by atoms with E-state index in [4.69, 9.17) is 0 Å². The van der Waals surface area contributed by atoms with E-state index in [-0.39, 0.29) is 5.91 Å². The van der Waals surface area contributed by atoms with E-state index in [1.165, 1.54) is 27.1 Å². The Morgan fingerprint density at radius 1 is 1.09 bits per heavy atom. The number of rotatable bonds is 5. The second-order valence-electron chi connectivity index (χ2n) is 5.58. The van der Waals surface area contributed by atoms with Gasteiger partial charge in [-0.25, -0.2) is 0 Å². The molecule has 0 fully saturated rings. The maximum atomic E-state index is 12.2. The van der Waals surface area contributed by atoms with Crippen LogP contribution in [-0.4, -0.2) is 11.7 Å². The fourth-order valence-electron chi connectivity index (χ4n) is 2.67. The third-order valence-electron chi connectivity index (χ3n) is 3.62. The summed E-state index contributed by atoms with van der Waals surface area (Å²) in [6.07, 6.45) is 0.916. The number of nitrogens with one attached hydrogen (secondary N) is 1. The topological polar surface area (TPSA) is 29.1 Å². The first kappa shape index (κ1) is 16.6. The van der Waals surface area contributed by atoms with Gasteiger partial charge in [0.2, 0.25) is 5.91 Å². The molecule has 0 heterocycles. The van der Waals surface area contributed by atoms with Gasteiger partial charge in [-0.2, -0.15) is 0 Å². The molecule has 116 valence electrons. The number of carbonyl (C=O) groups is 1. The summed E-state index contributed by atoms with van der Waals surface area (Å²) in [4.78, 5) is 13.4. The molecule has 3 heteroatoms. The van der Waals surface area contributed by atoms with Crippen LogP contribution in [0, 0.1) is 20.8 Å². The Bertz CT molecular complexity index is 656. The minimum absolute atomic E-state index is 0.0466. The third kappa shape index (κ3) is 4.14. The first-order valence-electron chi connectivity index (χ1n) is 7.59. The van der Waals surface area contributed by atoms with E-state index in [9.17, 15) is 4.79 Å². The molecule has 2 nitrogen and oxygen atoms in total. The molecule has 2 rings (SSSR count). The first-order valence-corrected chi connectivity index (χ1v) is 8.58. The van der Waals surface area contributed by atoms with Gasteiger partial charge in [-0.15, -0.1) is 11.8 Å². The van der Waals surface area contributed by atoms with Crippen LogP contribution in [0.25, 0.3) is 0 Å². The third-order valence-corrected chi connectivity index (χ3v) is 4.96. The summed E-state index contributed by atoms with van der Waals surface area (Å²) in [6, 6.07) is 12.3. The number of carbonyl (C=O) groups excluding carboxylic acids is 1. The predicted molar refractivity (Wildman–Crippen MR) is 95.8 cm³/mol. The van der Waals surface area contributed by atoms with E-state index < -0.39 is 0 Å². The Morgan fingerprint density at radius 3 is 2.36 bits per heavy atom. The van der Waals surface area contributed by atoms with Gasteiger partial charge in [0.25, 0.3) is 0 Å². The maximum absolute atomic E-state index is 12.2. The maximum Gasteiger partial charge on any atom is 0.234 e. The van der Waals surface area contributed by atoms with Gasteiger partial charge in [-0.3, -0.25) is 4.79 Å². The van der Waals surface area contributed by atoms with E-state index in [2.05, 4.69) is 51.2 Å². The highest BCUT2D eigenvalue weighted by molar-refractivity contribution is 8.00. The number of hydrogen-bond acceptors (Lipinski definition) is 2. The first-order chi connectivity index (χ1) is 10.5. The number of anilines is 1. The lowest BCUT2D eigenvalue weighted by atomic mass is 10.1. The SMILES string of the molecule is CCc1ccccc1NC(=O)CSc1c(C)cc(C)cc1C. The van der Waals surface area contributed by atoms with Crippen LogP contribution in [0.15, 0.2) is 41.3 Å². The highest BCUT2D eigenvalue weighted by atomic mass is 32.2. The zero-order chi connectivity index (χ0) is 16.1. The van der Waals surface area contributed by atoms with Crippen LogP contribution in [0.4, 0.5) is 5.69 Å². The highest BCUT2D eigenvalue weighted by Crippen LogP contribution is 2.27. The van der Waals surface area contributed by atoms with Crippen molar-refractivity contribution in [3.8, 4) is 0 Å². The Morgan fingerprint density at radius 2 is 1.73 bits per heavy atom. The molecule has 0 unspecified atom stereocenters. The number of hydrogen-bond donors (Lipinski definition) is 1. The molecule has 0 atom stereocenters. The Labute approximate surface area is 137 Å². The van der Waals surface area contributed by atoms with Crippen LogP contribution in [0.2, 0.25) is 0 Å². The lowest BCUT2D eigenvalue weighted by Crippen LogP contribution is -2.15. The largest absolute Gasteiger partial charge is 0.325 e. The zero-order valence-corrected chi connectivity index (χ0v) is 14.5. The van der Waals surface area contributed by atoms with Gasteiger partial charge >= 0.3 is 0 Å². The summed E-state index contributed by atoms with van der Waals surface area (Å²) in [5.74, 6) is 0.480. The summed E-state index contributed by atoms with van der Waals surface area (Å²) in [5.41, 5.74) is 5.84. The molecule has 0 saturated heterocycles. The van der Waals surface area contributed by atoms with Gasteiger partial charge in [-0.1, -0.05) is 42.8 Å². The molecule has 2 aromatic rings. The molecule has 0 aliphatic rings. The van der Waals surface area contributed by atoms with E-state index in [0.717, 1.165) is 12.1 Å². The van der Waals surface area contributed by atoms with Crippen molar-refractivity contribution in [1.29, 1.82) is 0 Å². The van der Waals surface area contributed by atoms with Crippen LogP contribution in [0.3, 0.4) is 0 Å². The smallest absolute Gasteiger partial charge is 0.234 e. The van der Waals surface area contributed by atoms with Crippen LogP contribution in [0.1, 0.15) is 29.2 Å². The minimum atomic E-state index is 0.0466. The van der Waals surface area contributed by atoms with Crippen molar-refractivity contribution >= 4 is 23.4 Å². The second kappa shape index (κ2) is 7.50. The molecule has 0 aliphatic heterocycles. The van der Waals surface area contributed by atoms with Crippen molar-refractivity contribution in [3.63, 3.8) is 0 Å². The molecule has 0 aliphatic carbocycles. The van der Waals surface area contributed by atoms with E-state index >= 15 is 0 Å². The Balaban J connectivity index is 2.02. The summed E-state index contributed by atoms with van der Waals surface area (Å²) in [5, 5.41) is 3.02. The van der Waals surface area contributed by atoms with Crippen molar-refractivity contribution in [3.05, 3.63) is 58.7 Å². The van der Waals surface area contributed by atoms with Crippen molar-refractivity contribution in [1.82, 2.24) is 0 Å². The van der Waals surface area contributed by atoms with Gasteiger partial charge in [-0.05, 0) is 49.9 Å². The number of aryl methyl sites for hydroxylation is 4. The standard InChI is InChI=1S/C19H23NOS/c1-5-16-8-6-7-9-17(16)20-18(21)12-22-19-14(3)10-13(2)11-15(19)4/h6-11H,5,12H2,1-4H3,(H,20,21). The monoisotopic (exact) mass is 313 g/mol. The van der Waals surface area contributed by atoms with Crippen molar-refractivity contribution in [2.45, 2.75) is 39.0 Å². The van der Waals surface area contributed by atoms with E-state index in [1.54, 1.807) is 11.8 Å². The lowest BCUT2D eigenvalue weighted by molar-refractivity contribution is -0.113. The molecule has 22 heavy (non-hydrogen) atoms. The van der Waals surface area contributed by atoms with Gasteiger partial charge in [0.05, 0.1) is 5.75 Å². The summed E-state index contributed by atoms with van der Waals surface area (Å²) in [7, 11) is 0. The fraction of sp³-hybridized carbons (Fsp3) is 0.316. The normalized spacial score (nSPS) is 10.5. The molecular formula is C19H23NOS. The van der Waals surface area contributed by atoms with Crippen LogP contribution in [0.5, 0.6) is 0 Å². The molecule has 0 bridgehead atoms. The molecule has 0 aromatic heterocycles. The van der Waals surface area contributed by atoms with Crippen LogP contribution < -0.4 is 5.32 Å². The Hall–Kier alpha value is -1.74. The van der Waals surface area contributed by atoms with Gasteiger partial charge in [0.15, 0.2) is 0 Å². The van der Waals surface area contributed by atoms with Crippen molar-refractivity contribution in [2.24, 2.45) is 0 Å². The summed E-state index contributed by atoms with van der Waals surface area (Å²) >= 11 is 1.61. The second-order valence-corrected chi connectivity index (χ2v) is 6.56. The van der Waals surface area contributed by atoms with E-state index in [1.807, 2.05) is 18.2 Å². The highest BCUT2D eigenvalue weighted by Gasteiger charge is 2.09. The average Bonchev–Trinajstić information content (AvgIpc) is 2.46. The number of para-hydroxylation sites is 1. The van der Waals surface area contributed by atoms with E-state index in [0.29, 0.717) is 5.75 Å². The zero-order valence-electron chi connectivity index (χ0n) is 13.7.